The lowest BCUT2D eigenvalue weighted by Gasteiger charge is -1.88. The maximum Gasteiger partial charge on any atom is 0.0372 e. The van der Waals surface area contributed by atoms with Crippen LogP contribution in [0.2, 0.25) is 0 Å². The lowest BCUT2D eigenvalue weighted by Crippen LogP contribution is -1.81. The van der Waals surface area contributed by atoms with Crippen molar-refractivity contribution in [2.45, 2.75) is 34.6 Å². The molecular weight excluding hydrogens is 210 g/mol. The molecule has 0 amide bonds. The second kappa shape index (κ2) is 19.7. The molecule has 0 radical (unpaired) electrons. The van der Waals surface area contributed by atoms with Gasteiger partial charge in [0, 0.05) is 24.3 Å². The molecule has 0 atom stereocenters. The lowest BCUT2D eigenvalue weighted by atomic mass is 10.3. The zero-order valence-electron chi connectivity index (χ0n) is 11.8. The molecule has 0 aliphatic carbocycles. The summed E-state index contributed by atoms with van der Waals surface area (Å²) in [5.41, 5.74) is 11.4. The van der Waals surface area contributed by atoms with E-state index in [0.717, 1.165) is 11.3 Å². The van der Waals surface area contributed by atoms with Crippen molar-refractivity contribution in [3.8, 4) is 0 Å². The standard InChI is InChI=1S/C10H15N.C2H6N2.C2H6/c1-5-6-7-10(4)11-8-9(2)3;3-1-2-4;1-2/h5-8H,2H2,1,3-4H3;1-2H,3-4H2;1-2H3/b6-5-,10-7+,11-8?;2-1-;. The highest BCUT2D eigenvalue weighted by Gasteiger charge is 1.78. The van der Waals surface area contributed by atoms with Crippen LogP contribution in [0.1, 0.15) is 34.6 Å². The summed E-state index contributed by atoms with van der Waals surface area (Å²) in [6.07, 6.45) is 10.2. The number of allylic oxidation sites excluding steroid dienone is 5. The minimum absolute atomic E-state index is 0.971. The monoisotopic (exact) mass is 237 g/mol. The third-order valence-electron chi connectivity index (χ3n) is 1.13. The second-order valence-corrected chi connectivity index (χ2v) is 2.82. The van der Waals surface area contributed by atoms with E-state index < -0.39 is 0 Å². The fourth-order valence-corrected chi connectivity index (χ4v) is 0.491. The highest BCUT2D eigenvalue weighted by atomic mass is 14.7. The van der Waals surface area contributed by atoms with Crippen LogP contribution in [0.4, 0.5) is 0 Å². The molecule has 0 aliphatic rings. The van der Waals surface area contributed by atoms with Crippen LogP contribution in [0.15, 0.2) is 53.5 Å². The van der Waals surface area contributed by atoms with Crippen molar-refractivity contribution in [1.29, 1.82) is 0 Å². The second-order valence-electron chi connectivity index (χ2n) is 2.82. The van der Waals surface area contributed by atoms with Crippen LogP contribution in [0, 0.1) is 0 Å². The van der Waals surface area contributed by atoms with Crippen molar-refractivity contribution >= 4 is 6.21 Å². The van der Waals surface area contributed by atoms with Crippen LogP contribution in [0.3, 0.4) is 0 Å². The summed E-state index contributed by atoms with van der Waals surface area (Å²) in [4.78, 5) is 4.15. The first kappa shape index (κ1) is 20.6. The van der Waals surface area contributed by atoms with E-state index >= 15 is 0 Å². The fraction of sp³-hybridized carbons (Fsp3) is 0.357. The van der Waals surface area contributed by atoms with Crippen LogP contribution in [-0.4, -0.2) is 6.21 Å². The van der Waals surface area contributed by atoms with Gasteiger partial charge in [0.15, 0.2) is 0 Å². The fourth-order valence-electron chi connectivity index (χ4n) is 0.491. The Morgan fingerprint density at radius 1 is 1.12 bits per heavy atom. The minimum Gasteiger partial charge on any atom is -0.403 e. The zero-order chi connectivity index (χ0) is 14.1. The SMILES string of the molecule is C=C(C)C=N/C(C)=C/C=C\C.CC.N/C=C\N. The van der Waals surface area contributed by atoms with Crippen molar-refractivity contribution in [3.05, 3.63) is 48.5 Å². The third kappa shape index (κ3) is 31.4. The molecule has 0 aromatic heterocycles. The molecule has 0 saturated heterocycles. The van der Waals surface area contributed by atoms with Gasteiger partial charge in [0.25, 0.3) is 0 Å². The molecule has 0 heterocycles. The summed E-state index contributed by atoms with van der Waals surface area (Å²) in [5.74, 6) is 0. The molecule has 0 saturated carbocycles. The van der Waals surface area contributed by atoms with Crippen molar-refractivity contribution in [1.82, 2.24) is 0 Å². The first-order valence-corrected chi connectivity index (χ1v) is 5.66. The number of hydrogen-bond acceptors (Lipinski definition) is 3. The Hall–Kier alpha value is -1.77. The van der Waals surface area contributed by atoms with Crippen molar-refractivity contribution in [3.63, 3.8) is 0 Å². The summed E-state index contributed by atoms with van der Waals surface area (Å²) < 4.78 is 0. The first-order valence-electron chi connectivity index (χ1n) is 5.66. The van der Waals surface area contributed by atoms with E-state index in [1.165, 1.54) is 12.4 Å². The quantitative estimate of drug-likeness (QED) is 0.582. The van der Waals surface area contributed by atoms with Crippen LogP contribution < -0.4 is 11.5 Å². The average molecular weight is 237 g/mol. The predicted molar refractivity (Wildman–Crippen MR) is 80.7 cm³/mol. The topological polar surface area (TPSA) is 64.4 Å². The molecule has 3 nitrogen and oxygen atoms in total. The maximum absolute atomic E-state index is 4.72. The maximum atomic E-state index is 4.72. The summed E-state index contributed by atoms with van der Waals surface area (Å²) >= 11 is 0. The minimum atomic E-state index is 0.971. The van der Waals surface area contributed by atoms with Gasteiger partial charge in [-0.1, -0.05) is 32.6 Å². The van der Waals surface area contributed by atoms with Gasteiger partial charge in [-0.05, 0) is 32.4 Å². The summed E-state index contributed by atoms with van der Waals surface area (Å²) in [6.45, 7) is 13.6. The van der Waals surface area contributed by atoms with Gasteiger partial charge in [-0.15, -0.1) is 0 Å². The molecule has 0 spiro atoms. The van der Waals surface area contributed by atoms with E-state index in [1.807, 2.05) is 52.8 Å². The first-order chi connectivity index (χ1) is 8.08. The molecule has 4 N–H and O–H groups in total. The summed E-state index contributed by atoms with van der Waals surface area (Å²) in [7, 11) is 0. The molecule has 17 heavy (non-hydrogen) atoms. The highest BCUT2D eigenvalue weighted by molar-refractivity contribution is 5.77. The van der Waals surface area contributed by atoms with E-state index in [-0.39, 0.29) is 0 Å². The van der Waals surface area contributed by atoms with E-state index in [9.17, 15) is 0 Å². The predicted octanol–water partition coefficient (Wildman–Crippen LogP) is 3.51. The van der Waals surface area contributed by atoms with Crippen LogP contribution in [0.5, 0.6) is 0 Å². The van der Waals surface area contributed by atoms with E-state index in [1.54, 1.807) is 6.21 Å². The summed E-state index contributed by atoms with van der Waals surface area (Å²) in [6, 6.07) is 0. The zero-order valence-corrected chi connectivity index (χ0v) is 11.8. The van der Waals surface area contributed by atoms with Crippen molar-refractivity contribution < 1.29 is 0 Å². The van der Waals surface area contributed by atoms with E-state index in [0.29, 0.717) is 0 Å². The van der Waals surface area contributed by atoms with Gasteiger partial charge in [0.1, 0.15) is 0 Å². The summed E-state index contributed by atoms with van der Waals surface area (Å²) in [5, 5.41) is 0. The Labute approximate surface area is 106 Å². The third-order valence-corrected chi connectivity index (χ3v) is 1.13. The van der Waals surface area contributed by atoms with Gasteiger partial charge < -0.3 is 11.5 Å². The Morgan fingerprint density at radius 2 is 1.59 bits per heavy atom. The molecule has 98 valence electrons. The molecule has 0 unspecified atom stereocenters. The van der Waals surface area contributed by atoms with Crippen molar-refractivity contribution in [2.75, 3.05) is 0 Å². The van der Waals surface area contributed by atoms with Crippen molar-refractivity contribution in [2.24, 2.45) is 16.5 Å². The number of nitrogens with zero attached hydrogens (tertiary/aromatic N) is 1. The van der Waals surface area contributed by atoms with Gasteiger partial charge >= 0.3 is 0 Å². The molecular formula is C14H27N3. The Kier molecular flexibility index (Phi) is 24.0. The van der Waals surface area contributed by atoms with E-state index in [4.69, 9.17) is 11.5 Å². The highest BCUT2D eigenvalue weighted by Crippen LogP contribution is 1.95. The Morgan fingerprint density at radius 3 is 1.88 bits per heavy atom. The normalized spacial score (nSPS) is 11.0. The van der Waals surface area contributed by atoms with Gasteiger partial charge in [-0.3, -0.25) is 4.99 Å². The average Bonchev–Trinajstić information content (AvgIpc) is 2.36. The number of hydrogen-bond donors (Lipinski definition) is 2. The van der Waals surface area contributed by atoms with Gasteiger partial charge in [0.05, 0.1) is 0 Å². The van der Waals surface area contributed by atoms with Crippen LogP contribution in [-0.2, 0) is 0 Å². The molecule has 3 heteroatoms. The van der Waals surface area contributed by atoms with Gasteiger partial charge in [-0.2, -0.15) is 0 Å². The van der Waals surface area contributed by atoms with Crippen LogP contribution in [0.25, 0.3) is 0 Å². The number of aliphatic imine (C=N–C) groups is 1. The number of nitrogens with two attached hydrogens (primary N) is 2. The van der Waals surface area contributed by atoms with Gasteiger partial charge in [-0.25, -0.2) is 0 Å². The smallest absolute Gasteiger partial charge is 0.0372 e. The van der Waals surface area contributed by atoms with Crippen LogP contribution >= 0.6 is 0 Å². The number of rotatable bonds is 3. The molecule has 0 rings (SSSR count). The molecule has 0 aromatic carbocycles. The largest absolute Gasteiger partial charge is 0.403 e. The molecule has 0 aromatic rings. The lowest BCUT2D eigenvalue weighted by molar-refractivity contribution is 1.31. The molecule has 0 aliphatic heterocycles. The van der Waals surface area contributed by atoms with Gasteiger partial charge in [0.2, 0.25) is 0 Å². The Bertz CT molecular complexity index is 267. The van der Waals surface area contributed by atoms with E-state index in [2.05, 4.69) is 11.6 Å². The Balaban J connectivity index is -0.000000275. The molecule has 0 bridgehead atoms. The molecule has 0 fully saturated rings.